The van der Waals surface area contributed by atoms with Gasteiger partial charge in [0.15, 0.2) is 0 Å². The average Bonchev–Trinajstić information content (AvgIpc) is 2.60. The van der Waals surface area contributed by atoms with Crippen LogP contribution in [0.2, 0.25) is 0 Å². The van der Waals surface area contributed by atoms with E-state index < -0.39 is 0 Å². The maximum Gasteiger partial charge on any atom is 0.330 e. The molecule has 1 fully saturated rings. The molecule has 0 N–H and O–H groups in total. The van der Waals surface area contributed by atoms with Crippen LogP contribution in [0.1, 0.15) is 65.2 Å². The zero-order valence-corrected chi connectivity index (χ0v) is 12.0. The summed E-state index contributed by atoms with van der Waals surface area (Å²) in [4.78, 5) is 11.3. The molecule has 0 aromatic carbocycles. The van der Waals surface area contributed by atoms with E-state index in [-0.39, 0.29) is 11.4 Å². The molecule has 0 saturated heterocycles. The Morgan fingerprint density at radius 3 is 2.39 bits per heavy atom. The van der Waals surface area contributed by atoms with Gasteiger partial charge in [-0.2, -0.15) is 0 Å². The fourth-order valence-electron chi connectivity index (χ4n) is 2.82. The molecular formula is C16H28O2. The number of hydrogen-bond acceptors (Lipinski definition) is 2. The molecule has 2 heteroatoms. The largest absolute Gasteiger partial charge is 0.462 e. The minimum atomic E-state index is -0.275. The lowest BCUT2D eigenvalue weighted by molar-refractivity contribution is -0.142. The lowest BCUT2D eigenvalue weighted by atomic mass is 9.76. The number of rotatable bonds is 6. The predicted molar refractivity (Wildman–Crippen MR) is 75.4 cm³/mol. The van der Waals surface area contributed by atoms with Crippen molar-refractivity contribution in [1.29, 1.82) is 0 Å². The van der Waals surface area contributed by atoms with E-state index in [0.717, 1.165) is 5.92 Å². The van der Waals surface area contributed by atoms with Gasteiger partial charge < -0.3 is 4.74 Å². The summed E-state index contributed by atoms with van der Waals surface area (Å²) in [5.74, 6) is 0.448. The normalized spacial score (nSPS) is 19.3. The smallest absolute Gasteiger partial charge is 0.330 e. The maximum absolute atomic E-state index is 11.3. The SMILES string of the molecule is C=CC(=O)OCC1(CCC(C)C)CCCCCC1. The van der Waals surface area contributed by atoms with Crippen LogP contribution in [0.25, 0.3) is 0 Å². The number of carbonyl (C=O) groups is 1. The Morgan fingerprint density at radius 1 is 1.28 bits per heavy atom. The molecule has 2 nitrogen and oxygen atoms in total. The molecule has 0 bridgehead atoms. The lowest BCUT2D eigenvalue weighted by Crippen LogP contribution is -2.28. The van der Waals surface area contributed by atoms with E-state index >= 15 is 0 Å². The van der Waals surface area contributed by atoms with E-state index in [9.17, 15) is 4.79 Å². The van der Waals surface area contributed by atoms with E-state index in [0.29, 0.717) is 6.61 Å². The van der Waals surface area contributed by atoms with Gasteiger partial charge in [-0.3, -0.25) is 0 Å². The van der Waals surface area contributed by atoms with Crippen LogP contribution in [0, 0.1) is 11.3 Å². The zero-order valence-electron chi connectivity index (χ0n) is 12.0. The standard InChI is InChI=1S/C16H28O2/c1-4-15(17)18-13-16(12-9-14(2)3)10-7-5-6-8-11-16/h4,14H,1,5-13H2,2-3H3. The summed E-state index contributed by atoms with van der Waals surface area (Å²) in [5.41, 5.74) is 0.236. The molecule has 0 spiro atoms. The van der Waals surface area contributed by atoms with Crippen LogP contribution in [0.5, 0.6) is 0 Å². The Hall–Kier alpha value is -0.790. The number of ether oxygens (including phenoxy) is 1. The quantitative estimate of drug-likeness (QED) is 0.395. The van der Waals surface area contributed by atoms with Gasteiger partial charge in [0.1, 0.15) is 0 Å². The molecule has 0 aromatic rings. The van der Waals surface area contributed by atoms with Gasteiger partial charge >= 0.3 is 5.97 Å². The van der Waals surface area contributed by atoms with Crippen molar-refractivity contribution in [2.24, 2.45) is 11.3 Å². The summed E-state index contributed by atoms with van der Waals surface area (Å²) in [6, 6.07) is 0. The maximum atomic E-state index is 11.3. The molecule has 104 valence electrons. The van der Waals surface area contributed by atoms with Crippen LogP contribution in [-0.4, -0.2) is 12.6 Å². The molecule has 0 heterocycles. The van der Waals surface area contributed by atoms with Gasteiger partial charge in [-0.1, -0.05) is 52.5 Å². The first-order chi connectivity index (χ1) is 8.58. The van der Waals surface area contributed by atoms with Crippen LogP contribution < -0.4 is 0 Å². The van der Waals surface area contributed by atoms with Crippen molar-refractivity contribution >= 4 is 5.97 Å². The van der Waals surface area contributed by atoms with Crippen molar-refractivity contribution < 1.29 is 9.53 Å². The van der Waals surface area contributed by atoms with Gasteiger partial charge in [-0.05, 0) is 25.2 Å². The number of hydrogen-bond donors (Lipinski definition) is 0. The van der Waals surface area contributed by atoms with Crippen LogP contribution in [-0.2, 0) is 9.53 Å². The highest BCUT2D eigenvalue weighted by molar-refractivity contribution is 5.81. The summed E-state index contributed by atoms with van der Waals surface area (Å²) in [6.45, 7) is 8.58. The summed E-state index contributed by atoms with van der Waals surface area (Å²) in [6.07, 6.45) is 11.3. The molecular weight excluding hydrogens is 224 g/mol. The third-order valence-electron chi connectivity index (χ3n) is 4.10. The highest BCUT2D eigenvalue weighted by Crippen LogP contribution is 2.40. The summed E-state index contributed by atoms with van der Waals surface area (Å²) < 4.78 is 5.36. The van der Waals surface area contributed by atoms with Gasteiger partial charge in [0.2, 0.25) is 0 Å². The van der Waals surface area contributed by atoms with Crippen LogP contribution in [0.4, 0.5) is 0 Å². The van der Waals surface area contributed by atoms with E-state index in [2.05, 4.69) is 20.4 Å². The average molecular weight is 252 g/mol. The fraction of sp³-hybridized carbons (Fsp3) is 0.812. The second-order valence-corrected chi connectivity index (χ2v) is 6.16. The molecule has 1 rings (SSSR count). The monoisotopic (exact) mass is 252 g/mol. The van der Waals surface area contributed by atoms with Crippen LogP contribution in [0.3, 0.4) is 0 Å². The molecule has 0 atom stereocenters. The van der Waals surface area contributed by atoms with Gasteiger partial charge in [-0.15, -0.1) is 0 Å². The van der Waals surface area contributed by atoms with Crippen LogP contribution >= 0.6 is 0 Å². The molecule has 0 radical (unpaired) electrons. The molecule has 0 unspecified atom stereocenters. The molecule has 0 amide bonds. The highest BCUT2D eigenvalue weighted by atomic mass is 16.5. The molecule has 18 heavy (non-hydrogen) atoms. The van der Waals surface area contributed by atoms with E-state index in [1.54, 1.807) is 0 Å². The first-order valence-electron chi connectivity index (χ1n) is 7.37. The molecule has 0 aliphatic heterocycles. The lowest BCUT2D eigenvalue weighted by Gasteiger charge is -2.33. The fourth-order valence-corrected chi connectivity index (χ4v) is 2.82. The third kappa shape index (κ3) is 5.24. The number of esters is 1. The Kier molecular flexibility index (Phi) is 6.45. The van der Waals surface area contributed by atoms with Gasteiger partial charge in [0.25, 0.3) is 0 Å². The molecule has 1 aliphatic rings. The first kappa shape index (κ1) is 15.3. The Morgan fingerprint density at radius 2 is 1.89 bits per heavy atom. The molecule has 1 aliphatic carbocycles. The van der Waals surface area contributed by atoms with Crippen molar-refractivity contribution in [3.05, 3.63) is 12.7 Å². The minimum Gasteiger partial charge on any atom is -0.462 e. The summed E-state index contributed by atoms with van der Waals surface area (Å²) in [7, 11) is 0. The predicted octanol–water partition coefficient (Wildman–Crippen LogP) is 4.49. The van der Waals surface area contributed by atoms with Gasteiger partial charge in [0, 0.05) is 11.5 Å². The molecule has 0 aromatic heterocycles. The van der Waals surface area contributed by atoms with Crippen molar-refractivity contribution in [1.82, 2.24) is 0 Å². The van der Waals surface area contributed by atoms with Crippen molar-refractivity contribution in [3.8, 4) is 0 Å². The van der Waals surface area contributed by atoms with Crippen molar-refractivity contribution in [3.63, 3.8) is 0 Å². The third-order valence-corrected chi connectivity index (χ3v) is 4.10. The minimum absolute atomic E-state index is 0.236. The summed E-state index contributed by atoms with van der Waals surface area (Å²) >= 11 is 0. The Labute approximate surface area is 112 Å². The topological polar surface area (TPSA) is 26.3 Å². The van der Waals surface area contributed by atoms with Crippen molar-refractivity contribution in [2.45, 2.75) is 65.2 Å². The second kappa shape index (κ2) is 7.60. The van der Waals surface area contributed by atoms with E-state index in [1.807, 2.05) is 0 Å². The van der Waals surface area contributed by atoms with Crippen molar-refractivity contribution in [2.75, 3.05) is 6.61 Å². The van der Waals surface area contributed by atoms with E-state index in [4.69, 9.17) is 4.74 Å². The van der Waals surface area contributed by atoms with E-state index in [1.165, 1.54) is 57.4 Å². The van der Waals surface area contributed by atoms with Gasteiger partial charge in [0.05, 0.1) is 6.61 Å². The first-order valence-corrected chi connectivity index (χ1v) is 7.37. The highest BCUT2D eigenvalue weighted by Gasteiger charge is 2.32. The molecule has 1 saturated carbocycles. The number of carbonyl (C=O) groups excluding carboxylic acids is 1. The second-order valence-electron chi connectivity index (χ2n) is 6.16. The zero-order chi connectivity index (χ0) is 13.4. The van der Waals surface area contributed by atoms with Gasteiger partial charge in [-0.25, -0.2) is 4.79 Å². The summed E-state index contributed by atoms with van der Waals surface area (Å²) in [5, 5.41) is 0. The Bertz CT molecular complexity index is 260. The Balaban J connectivity index is 2.59. The van der Waals surface area contributed by atoms with Crippen LogP contribution in [0.15, 0.2) is 12.7 Å².